The third-order valence-electron chi connectivity index (χ3n) is 4.84. The Labute approximate surface area is 145 Å². The molecule has 0 aromatic heterocycles. The van der Waals surface area contributed by atoms with Crippen molar-refractivity contribution in [2.24, 2.45) is 0 Å². The van der Waals surface area contributed by atoms with Crippen LogP contribution in [0, 0.1) is 20.8 Å². The molecule has 0 saturated carbocycles. The van der Waals surface area contributed by atoms with E-state index < -0.39 is 7.38 Å². The van der Waals surface area contributed by atoms with Gasteiger partial charge in [0.05, 0.1) is 0 Å². The molecule has 1 unspecified atom stereocenters. The first-order chi connectivity index (χ1) is 10.7. The normalized spacial score (nSPS) is 17.2. The summed E-state index contributed by atoms with van der Waals surface area (Å²) in [6.07, 6.45) is 2.36. The van der Waals surface area contributed by atoms with Crippen LogP contribution in [0.25, 0.3) is 17.2 Å². The van der Waals surface area contributed by atoms with Gasteiger partial charge in [-0.3, -0.25) is 0 Å². The zero-order valence-corrected chi connectivity index (χ0v) is 16.7. The fourth-order valence-electron chi connectivity index (χ4n) is 4.05. The Hall–Kier alpha value is -1.31. The zero-order valence-electron chi connectivity index (χ0n) is 14.9. The van der Waals surface area contributed by atoms with Gasteiger partial charge in [0.15, 0.2) is 7.38 Å². The predicted octanol–water partition coefficient (Wildman–Crippen LogP) is 6.76. The van der Waals surface area contributed by atoms with Gasteiger partial charge in [-0.1, -0.05) is 66.2 Å². The van der Waals surface area contributed by atoms with E-state index in [4.69, 9.17) is 11.1 Å². The summed E-state index contributed by atoms with van der Waals surface area (Å²) in [6.45, 7) is 13.3. The molecule has 2 aromatic rings. The van der Waals surface area contributed by atoms with Crippen molar-refractivity contribution in [3.63, 3.8) is 0 Å². The lowest BCUT2D eigenvalue weighted by atomic mass is 9.91. The molecular weight excluding hydrogens is 316 g/mol. The molecule has 0 N–H and O–H groups in total. The Bertz CT molecular complexity index is 789. The summed E-state index contributed by atoms with van der Waals surface area (Å²) in [5, 5.41) is 0. The van der Waals surface area contributed by atoms with Crippen molar-refractivity contribution >= 4 is 24.5 Å². The lowest BCUT2D eigenvalue weighted by Gasteiger charge is -2.27. The maximum Gasteiger partial charge on any atom is 0.161 e. The number of rotatable bonds is 2. The monoisotopic (exact) mass is 340 g/mol. The Morgan fingerprint density at radius 1 is 0.913 bits per heavy atom. The molecule has 0 fully saturated rings. The van der Waals surface area contributed by atoms with Crippen LogP contribution in [0.5, 0.6) is 0 Å². The highest BCUT2D eigenvalue weighted by atomic mass is 35.6. The highest BCUT2D eigenvalue weighted by Crippen LogP contribution is 2.48. The van der Waals surface area contributed by atoms with Gasteiger partial charge in [-0.2, -0.15) is 11.1 Å². The molecule has 2 aromatic carbocycles. The number of fused-ring (bicyclic) bond motifs is 1. The van der Waals surface area contributed by atoms with Crippen molar-refractivity contribution in [1.29, 1.82) is 0 Å². The third kappa shape index (κ3) is 2.93. The quantitative estimate of drug-likeness (QED) is 0.418. The van der Waals surface area contributed by atoms with E-state index in [-0.39, 0.29) is 0 Å². The van der Waals surface area contributed by atoms with Gasteiger partial charge in [0.1, 0.15) is 0 Å². The Morgan fingerprint density at radius 2 is 1.52 bits per heavy atom. The molecule has 1 aliphatic carbocycles. The van der Waals surface area contributed by atoms with Gasteiger partial charge in [0, 0.05) is 5.54 Å². The topological polar surface area (TPSA) is 0 Å². The highest BCUT2D eigenvalue weighted by Gasteiger charge is 2.38. The summed E-state index contributed by atoms with van der Waals surface area (Å²) < 4.78 is 0. The third-order valence-corrected chi connectivity index (χ3v) is 7.61. The smallest absolute Gasteiger partial charge is 0.161 e. The van der Waals surface area contributed by atoms with Crippen LogP contribution in [0.3, 0.4) is 0 Å². The minimum atomic E-state index is -1.85. The maximum absolute atomic E-state index is 6.93. The summed E-state index contributed by atoms with van der Waals surface area (Å²) in [4.78, 5) is 0. The minimum absolute atomic E-state index is 0.398. The number of hydrogen-bond acceptors (Lipinski definition) is 0. The van der Waals surface area contributed by atoms with E-state index in [2.05, 4.69) is 77.2 Å². The van der Waals surface area contributed by atoms with E-state index in [1.54, 1.807) is 0 Å². The fraction of sp³-hybridized carbons (Fsp3) is 0.333. The largest absolute Gasteiger partial charge is 0.167 e. The number of halogens is 1. The fourth-order valence-corrected chi connectivity index (χ4v) is 7.06. The molecular formula is C21H25ClSi. The molecule has 0 saturated heterocycles. The lowest BCUT2D eigenvalue weighted by molar-refractivity contribution is 1.09. The minimum Gasteiger partial charge on any atom is -0.167 e. The average molecular weight is 341 g/mol. The second-order valence-corrected chi connectivity index (χ2v) is 14.1. The van der Waals surface area contributed by atoms with Crippen LogP contribution < -0.4 is 0 Å². The molecule has 2 heteroatoms. The maximum atomic E-state index is 6.93. The molecule has 0 nitrogen and oxygen atoms in total. The van der Waals surface area contributed by atoms with Crippen LogP contribution in [0.2, 0.25) is 13.1 Å². The van der Waals surface area contributed by atoms with Crippen LogP contribution in [-0.2, 0) is 0 Å². The number of aryl methyl sites for hydroxylation is 3. The molecule has 23 heavy (non-hydrogen) atoms. The molecule has 1 aliphatic rings. The first kappa shape index (κ1) is 16.5. The molecule has 0 radical (unpaired) electrons. The summed E-state index contributed by atoms with van der Waals surface area (Å²) in [5.74, 6) is 0. The van der Waals surface area contributed by atoms with Crippen LogP contribution in [0.1, 0.15) is 40.3 Å². The lowest BCUT2D eigenvalue weighted by Crippen LogP contribution is -2.28. The van der Waals surface area contributed by atoms with E-state index in [0.29, 0.717) is 5.54 Å². The highest BCUT2D eigenvalue weighted by molar-refractivity contribution is 7.20. The first-order valence-corrected chi connectivity index (χ1v) is 12.4. The van der Waals surface area contributed by atoms with Gasteiger partial charge >= 0.3 is 0 Å². The van der Waals surface area contributed by atoms with Crippen LogP contribution in [0.4, 0.5) is 0 Å². The molecule has 0 bridgehead atoms. The SMILES string of the molecule is CC1=Cc2c(C)ccc(-c3cc(C)cc(C)c3)c2C1[Si](C)(C)Cl. The van der Waals surface area contributed by atoms with E-state index >= 15 is 0 Å². The van der Waals surface area contributed by atoms with Gasteiger partial charge in [-0.05, 0) is 55.5 Å². The van der Waals surface area contributed by atoms with Crippen molar-refractivity contribution in [2.45, 2.75) is 46.3 Å². The van der Waals surface area contributed by atoms with Crippen molar-refractivity contribution in [2.75, 3.05) is 0 Å². The molecule has 0 amide bonds. The van der Waals surface area contributed by atoms with E-state index in [0.717, 1.165) is 0 Å². The molecule has 0 aliphatic heterocycles. The molecule has 0 spiro atoms. The van der Waals surface area contributed by atoms with Crippen LogP contribution in [-0.4, -0.2) is 7.38 Å². The van der Waals surface area contributed by atoms with E-state index in [1.165, 1.54) is 44.5 Å². The molecule has 120 valence electrons. The molecule has 1 atom stereocenters. The first-order valence-electron chi connectivity index (χ1n) is 8.28. The van der Waals surface area contributed by atoms with Gasteiger partial charge < -0.3 is 0 Å². The predicted molar refractivity (Wildman–Crippen MR) is 106 cm³/mol. The Morgan fingerprint density at radius 3 is 2.09 bits per heavy atom. The zero-order chi connectivity index (χ0) is 16.9. The van der Waals surface area contributed by atoms with Crippen molar-refractivity contribution < 1.29 is 0 Å². The Balaban J connectivity index is 2.29. The van der Waals surface area contributed by atoms with Crippen molar-refractivity contribution in [3.05, 3.63) is 63.7 Å². The number of benzene rings is 2. The second kappa shape index (κ2) is 5.65. The van der Waals surface area contributed by atoms with Crippen LogP contribution in [0.15, 0.2) is 35.9 Å². The van der Waals surface area contributed by atoms with Crippen molar-refractivity contribution in [3.8, 4) is 11.1 Å². The van der Waals surface area contributed by atoms with Gasteiger partial charge in [-0.15, -0.1) is 0 Å². The summed E-state index contributed by atoms with van der Waals surface area (Å²) in [7, 11) is -1.85. The standard InChI is InChI=1S/C21H25ClSi/c1-13-9-14(2)11-17(10-13)18-8-7-15(3)19-12-16(4)21(20(18)19)23(5,6)22/h7-12,21H,1-6H3. The second-order valence-electron chi connectivity index (χ2n) is 7.52. The summed E-state index contributed by atoms with van der Waals surface area (Å²) in [5.41, 5.74) is 11.3. The molecule has 0 heterocycles. The van der Waals surface area contributed by atoms with Crippen LogP contribution >= 0.6 is 11.1 Å². The number of hydrogen-bond donors (Lipinski definition) is 0. The Kier molecular flexibility index (Phi) is 4.06. The van der Waals surface area contributed by atoms with Gasteiger partial charge in [-0.25, -0.2) is 0 Å². The van der Waals surface area contributed by atoms with Crippen molar-refractivity contribution in [1.82, 2.24) is 0 Å². The van der Waals surface area contributed by atoms with E-state index in [9.17, 15) is 0 Å². The summed E-state index contributed by atoms with van der Waals surface area (Å²) >= 11 is 6.93. The summed E-state index contributed by atoms with van der Waals surface area (Å²) in [6, 6.07) is 11.4. The average Bonchev–Trinajstić information content (AvgIpc) is 2.75. The van der Waals surface area contributed by atoms with E-state index in [1.807, 2.05) is 0 Å². The van der Waals surface area contributed by atoms with Gasteiger partial charge in [0.2, 0.25) is 0 Å². The van der Waals surface area contributed by atoms with Gasteiger partial charge in [0.25, 0.3) is 0 Å². The molecule has 3 rings (SSSR count). The number of allylic oxidation sites excluding steroid dienone is 1.